The van der Waals surface area contributed by atoms with Crippen molar-refractivity contribution in [2.75, 3.05) is 7.11 Å². The normalized spacial score (nSPS) is 36.5. The first kappa shape index (κ1) is 32.3. The van der Waals surface area contributed by atoms with E-state index in [0.29, 0.717) is 12.8 Å². The Morgan fingerprint density at radius 2 is 1.83 bits per heavy atom. The molecule has 10 nitrogen and oxygen atoms in total. The van der Waals surface area contributed by atoms with Crippen LogP contribution in [0.25, 0.3) is 0 Å². The van der Waals surface area contributed by atoms with Crippen molar-refractivity contribution in [3.05, 3.63) is 41.7 Å². The van der Waals surface area contributed by atoms with E-state index in [9.17, 15) is 24.9 Å². The molecule has 1 aromatic rings. The van der Waals surface area contributed by atoms with Crippen LogP contribution < -0.4 is 0 Å². The summed E-state index contributed by atoms with van der Waals surface area (Å²) < 4.78 is 30.5. The Morgan fingerprint density at radius 3 is 2.48 bits per heavy atom. The number of phenols is 1. The zero-order valence-corrected chi connectivity index (χ0v) is 25.7. The molecule has 42 heavy (non-hydrogen) atoms. The van der Waals surface area contributed by atoms with Crippen molar-refractivity contribution < 1.29 is 48.6 Å². The maximum Gasteiger partial charge on any atom is 0.334 e. The van der Waals surface area contributed by atoms with Crippen LogP contribution in [0, 0.1) is 17.3 Å². The zero-order chi connectivity index (χ0) is 31.0. The molecule has 3 heterocycles. The second-order valence-electron chi connectivity index (χ2n) is 13.2. The number of phenolic OH excluding ortho intramolecular Hbond substituents is 1. The lowest BCUT2D eigenvalue weighted by atomic mass is 9.66. The van der Waals surface area contributed by atoms with E-state index in [0.717, 1.165) is 11.6 Å². The van der Waals surface area contributed by atoms with E-state index < -0.39 is 53.2 Å². The number of aliphatic hydroxyl groups is 2. The average Bonchev–Trinajstić information content (AvgIpc) is 2.88. The maximum absolute atomic E-state index is 13.1. The number of cyclic esters (lactones) is 1. The molecule has 0 amide bonds. The predicted octanol–water partition coefficient (Wildman–Crippen LogP) is 4.31. The molecule has 0 aromatic heterocycles. The molecular formula is C32H46O10. The molecule has 2 saturated heterocycles. The Kier molecular flexibility index (Phi) is 9.33. The van der Waals surface area contributed by atoms with Crippen molar-refractivity contribution in [3.8, 4) is 5.75 Å². The van der Waals surface area contributed by atoms with Gasteiger partial charge in [0.1, 0.15) is 29.3 Å². The third-order valence-electron chi connectivity index (χ3n) is 9.20. The van der Waals surface area contributed by atoms with Gasteiger partial charge in [0.25, 0.3) is 0 Å². The summed E-state index contributed by atoms with van der Waals surface area (Å²) in [5.41, 5.74) is -1.37. The summed E-state index contributed by atoms with van der Waals surface area (Å²) >= 11 is 0. The summed E-state index contributed by atoms with van der Waals surface area (Å²) in [6, 6.07) is 7.00. The lowest BCUT2D eigenvalue weighted by Gasteiger charge is -2.59. The van der Waals surface area contributed by atoms with Crippen molar-refractivity contribution in [2.24, 2.45) is 17.3 Å². The van der Waals surface area contributed by atoms with Crippen LogP contribution in [0.3, 0.4) is 0 Å². The number of esters is 2. The highest BCUT2D eigenvalue weighted by molar-refractivity contribution is 5.83. The summed E-state index contributed by atoms with van der Waals surface area (Å²) in [5.74, 6) is -2.83. The van der Waals surface area contributed by atoms with Crippen LogP contribution in [0.15, 0.2) is 36.1 Å². The largest absolute Gasteiger partial charge is 0.508 e. The lowest BCUT2D eigenvalue weighted by Crippen LogP contribution is -2.65. The highest BCUT2D eigenvalue weighted by Gasteiger charge is 2.63. The quantitative estimate of drug-likeness (QED) is 0.394. The van der Waals surface area contributed by atoms with Gasteiger partial charge in [-0.1, -0.05) is 39.8 Å². The molecule has 10 heteroatoms. The van der Waals surface area contributed by atoms with Crippen LogP contribution in [0.5, 0.6) is 5.75 Å². The number of hydrogen-bond donors (Lipinski definition) is 3. The van der Waals surface area contributed by atoms with Crippen molar-refractivity contribution in [3.63, 3.8) is 0 Å². The van der Waals surface area contributed by atoms with E-state index in [1.807, 2.05) is 26.8 Å². The van der Waals surface area contributed by atoms with Gasteiger partial charge >= 0.3 is 11.9 Å². The zero-order valence-electron chi connectivity index (χ0n) is 25.7. The van der Waals surface area contributed by atoms with Crippen molar-refractivity contribution in [1.82, 2.24) is 0 Å². The first-order valence-corrected chi connectivity index (χ1v) is 14.8. The van der Waals surface area contributed by atoms with E-state index in [4.69, 9.17) is 23.7 Å². The van der Waals surface area contributed by atoms with E-state index in [2.05, 4.69) is 6.92 Å². The van der Waals surface area contributed by atoms with Gasteiger partial charge in [-0.2, -0.15) is 0 Å². The van der Waals surface area contributed by atoms with Crippen LogP contribution in [-0.4, -0.2) is 70.2 Å². The first-order valence-electron chi connectivity index (χ1n) is 14.8. The van der Waals surface area contributed by atoms with E-state index in [1.165, 1.54) is 6.92 Å². The Bertz CT molecular complexity index is 1170. The third kappa shape index (κ3) is 6.61. The molecule has 2 fully saturated rings. The summed E-state index contributed by atoms with van der Waals surface area (Å²) in [6.07, 6.45) is -0.974. The number of aromatic hydroxyl groups is 1. The molecule has 0 aliphatic carbocycles. The molecule has 4 rings (SSSR count). The van der Waals surface area contributed by atoms with Gasteiger partial charge in [0.05, 0.1) is 37.2 Å². The molecular weight excluding hydrogens is 544 g/mol. The van der Waals surface area contributed by atoms with Gasteiger partial charge in [0.2, 0.25) is 5.79 Å². The van der Waals surface area contributed by atoms with Gasteiger partial charge in [-0.25, -0.2) is 4.79 Å². The number of methoxy groups -OCH3 is 1. The average molecular weight is 591 g/mol. The van der Waals surface area contributed by atoms with Gasteiger partial charge in [0.15, 0.2) is 0 Å². The van der Waals surface area contributed by atoms with Crippen LogP contribution in [0.4, 0.5) is 0 Å². The monoisotopic (exact) mass is 590 g/mol. The lowest BCUT2D eigenvalue weighted by molar-refractivity contribution is -0.371. The van der Waals surface area contributed by atoms with Gasteiger partial charge in [-0.15, -0.1) is 0 Å². The van der Waals surface area contributed by atoms with Gasteiger partial charge < -0.3 is 39.0 Å². The van der Waals surface area contributed by atoms with Gasteiger partial charge in [-0.05, 0) is 56.7 Å². The molecule has 3 aliphatic heterocycles. The molecule has 3 aliphatic rings. The van der Waals surface area contributed by atoms with Gasteiger partial charge in [-0.3, -0.25) is 4.79 Å². The topological polar surface area (TPSA) is 141 Å². The predicted molar refractivity (Wildman–Crippen MR) is 152 cm³/mol. The minimum atomic E-state index is -1.50. The van der Waals surface area contributed by atoms with E-state index in [1.54, 1.807) is 32.2 Å². The Morgan fingerprint density at radius 1 is 1.12 bits per heavy atom. The minimum absolute atomic E-state index is 0.00565. The highest BCUT2D eigenvalue weighted by atomic mass is 16.7. The number of ether oxygens (including phenoxy) is 5. The second kappa shape index (κ2) is 12.1. The van der Waals surface area contributed by atoms with Crippen LogP contribution in [0.1, 0.15) is 85.3 Å². The summed E-state index contributed by atoms with van der Waals surface area (Å²) in [6.45, 7) is 10.9. The Balaban J connectivity index is 1.68. The summed E-state index contributed by atoms with van der Waals surface area (Å²) in [7, 11) is 1.64. The first-order chi connectivity index (χ1) is 19.6. The van der Waals surface area contributed by atoms with Crippen LogP contribution in [-0.2, 0) is 33.3 Å². The molecule has 3 bridgehead atoms. The molecule has 1 spiro atoms. The number of fused-ring (bicyclic) bond motifs is 2. The number of benzene rings is 1. The smallest absolute Gasteiger partial charge is 0.334 e. The minimum Gasteiger partial charge on any atom is -0.508 e. The van der Waals surface area contributed by atoms with Crippen molar-refractivity contribution >= 4 is 11.9 Å². The maximum atomic E-state index is 13.1. The fourth-order valence-electron chi connectivity index (χ4n) is 6.72. The third-order valence-corrected chi connectivity index (χ3v) is 9.20. The van der Waals surface area contributed by atoms with E-state index >= 15 is 0 Å². The summed E-state index contributed by atoms with van der Waals surface area (Å²) in [5, 5.41) is 31.5. The molecule has 1 unspecified atom stereocenters. The van der Waals surface area contributed by atoms with E-state index in [-0.39, 0.29) is 48.7 Å². The van der Waals surface area contributed by atoms with Crippen molar-refractivity contribution in [1.29, 1.82) is 0 Å². The molecule has 3 N–H and O–H groups in total. The molecule has 9 atom stereocenters. The number of carbonyl (C=O) groups excluding carboxylic acids is 2. The summed E-state index contributed by atoms with van der Waals surface area (Å²) in [4.78, 5) is 26.0. The molecule has 0 saturated carbocycles. The van der Waals surface area contributed by atoms with Crippen molar-refractivity contribution in [2.45, 2.75) is 116 Å². The Labute approximate surface area is 247 Å². The standard InChI is InChI=1S/C32H46O10/c1-18(11-12-23(38-7)21-9-8-10-22(34)13-21)29-19(2)25-16-32(42-29)30(4,5)17-31(6,37)26(41-32)15-28(36)39-24(20(3)33)14-27(35)40-25/h8-10,13,15,18-20,23-25,29,33-34,37H,11-12,14,16-17H2,1-7H3/b26-15+/t18-,19+,20+,23-,24+,25?,29-,31-,32+/m0/s1. The SMILES string of the molecule is CO[C@@H](CC[C@H](C)[C@@H]1O[C@@]23CC(OC(=O)C[C@H]([C@@H](C)O)OC(=O)/C=C(/O2)[C@@](C)(O)CC3(C)C)[C@H]1C)c1cccc(O)c1. The highest BCUT2D eigenvalue weighted by Crippen LogP contribution is 2.56. The fraction of sp³-hybridized carbons (Fsp3) is 0.688. The fourth-order valence-corrected chi connectivity index (χ4v) is 6.72. The second-order valence-corrected chi connectivity index (χ2v) is 13.2. The molecule has 0 radical (unpaired) electrons. The van der Waals surface area contributed by atoms with Gasteiger partial charge in [0, 0.05) is 18.4 Å². The number of aliphatic hydroxyl groups excluding tert-OH is 1. The molecule has 1 aromatic carbocycles. The Hall–Kier alpha value is -2.66. The number of hydrogen-bond acceptors (Lipinski definition) is 10. The number of carbonyl (C=O) groups is 2. The molecule has 234 valence electrons. The number of rotatable bonds is 7. The van der Waals surface area contributed by atoms with Crippen LogP contribution >= 0.6 is 0 Å². The van der Waals surface area contributed by atoms with Crippen LogP contribution in [0.2, 0.25) is 0 Å².